The Hall–Kier alpha value is -2.11. The molecule has 98 valence electrons. The van der Waals surface area contributed by atoms with Crippen LogP contribution in [0.4, 0.5) is 0 Å². The summed E-state index contributed by atoms with van der Waals surface area (Å²) in [7, 11) is 1.55. The van der Waals surface area contributed by atoms with Crippen LogP contribution in [-0.2, 0) is 16.1 Å². The summed E-state index contributed by atoms with van der Waals surface area (Å²) in [6, 6.07) is 4.79. The average molecular weight is 252 g/mol. The minimum absolute atomic E-state index is 0.0759. The summed E-state index contributed by atoms with van der Waals surface area (Å²) in [5, 5.41) is 8.51. The van der Waals surface area contributed by atoms with Crippen molar-refractivity contribution in [2.75, 3.05) is 13.6 Å². The molecule has 0 unspecified atom stereocenters. The number of aromatic nitrogens is 1. The smallest absolute Gasteiger partial charge is 0.305 e. The second-order valence-electron chi connectivity index (χ2n) is 3.94. The van der Waals surface area contributed by atoms with E-state index in [1.165, 1.54) is 15.5 Å². The highest BCUT2D eigenvalue weighted by Crippen LogP contribution is 1.96. The van der Waals surface area contributed by atoms with E-state index in [1.807, 2.05) is 0 Å². The molecule has 1 N–H and O–H groups in total. The number of carbonyl (C=O) groups is 2. The molecule has 6 nitrogen and oxygen atoms in total. The van der Waals surface area contributed by atoms with Crippen LogP contribution in [0.15, 0.2) is 29.2 Å². The Morgan fingerprint density at radius 3 is 2.67 bits per heavy atom. The molecule has 0 aliphatic carbocycles. The summed E-state index contributed by atoms with van der Waals surface area (Å²) in [5.74, 6) is -1.11. The van der Waals surface area contributed by atoms with E-state index in [-0.39, 0.29) is 30.9 Å². The van der Waals surface area contributed by atoms with Crippen molar-refractivity contribution < 1.29 is 14.7 Å². The van der Waals surface area contributed by atoms with Crippen molar-refractivity contribution >= 4 is 11.9 Å². The van der Waals surface area contributed by atoms with Crippen LogP contribution < -0.4 is 5.56 Å². The van der Waals surface area contributed by atoms with E-state index >= 15 is 0 Å². The van der Waals surface area contributed by atoms with Gasteiger partial charge in [0.1, 0.15) is 0 Å². The predicted molar refractivity (Wildman–Crippen MR) is 65.2 cm³/mol. The monoisotopic (exact) mass is 252 g/mol. The zero-order valence-electron chi connectivity index (χ0n) is 10.2. The third-order valence-electron chi connectivity index (χ3n) is 2.55. The van der Waals surface area contributed by atoms with Gasteiger partial charge in [0.15, 0.2) is 0 Å². The number of carbonyl (C=O) groups excluding carboxylic acids is 1. The minimum Gasteiger partial charge on any atom is -0.481 e. The van der Waals surface area contributed by atoms with Gasteiger partial charge in [-0.05, 0) is 6.07 Å². The highest BCUT2D eigenvalue weighted by molar-refractivity contribution is 5.76. The van der Waals surface area contributed by atoms with Crippen LogP contribution in [0, 0.1) is 0 Å². The molecule has 6 heteroatoms. The molecule has 0 aliphatic heterocycles. The number of carboxylic acids is 1. The first kappa shape index (κ1) is 14.0. The van der Waals surface area contributed by atoms with E-state index in [2.05, 4.69) is 0 Å². The second kappa shape index (κ2) is 6.58. The first-order valence-corrected chi connectivity index (χ1v) is 5.62. The lowest BCUT2D eigenvalue weighted by molar-refractivity contribution is -0.138. The molecule has 0 spiro atoms. The van der Waals surface area contributed by atoms with Crippen LogP contribution in [0.2, 0.25) is 0 Å². The topological polar surface area (TPSA) is 79.6 Å². The van der Waals surface area contributed by atoms with Crippen molar-refractivity contribution in [1.82, 2.24) is 9.47 Å². The lowest BCUT2D eigenvalue weighted by Crippen LogP contribution is -2.30. The standard InChI is InChI=1S/C12H16N2O4/c1-13(8-6-12(17)18)10(15)5-9-14-7-3-2-4-11(14)16/h2-4,7H,5-6,8-9H2,1H3,(H,17,18). The number of aliphatic carboxylic acids is 1. The summed E-state index contributed by atoms with van der Waals surface area (Å²) in [6.45, 7) is 0.480. The van der Waals surface area contributed by atoms with Gasteiger partial charge in [-0.3, -0.25) is 14.4 Å². The van der Waals surface area contributed by atoms with Gasteiger partial charge in [-0.15, -0.1) is 0 Å². The van der Waals surface area contributed by atoms with Gasteiger partial charge in [0, 0.05) is 38.8 Å². The molecular formula is C12H16N2O4. The maximum absolute atomic E-state index is 11.7. The lowest BCUT2D eigenvalue weighted by atomic mass is 10.3. The summed E-state index contributed by atoms with van der Waals surface area (Å²) < 4.78 is 1.45. The minimum atomic E-state index is -0.936. The highest BCUT2D eigenvalue weighted by atomic mass is 16.4. The summed E-state index contributed by atoms with van der Waals surface area (Å²) in [5.41, 5.74) is -0.154. The number of pyridine rings is 1. The largest absolute Gasteiger partial charge is 0.481 e. The Morgan fingerprint density at radius 1 is 1.33 bits per heavy atom. The zero-order chi connectivity index (χ0) is 13.5. The molecule has 0 bridgehead atoms. The molecule has 1 amide bonds. The quantitative estimate of drug-likeness (QED) is 0.782. The normalized spacial score (nSPS) is 10.1. The molecule has 0 atom stereocenters. The second-order valence-corrected chi connectivity index (χ2v) is 3.94. The summed E-state index contributed by atoms with van der Waals surface area (Å²) >= 11 is 0. The van der Waals surface area contributed by atoms with Crippen molar-refractivity contribution in [2.45, 2.75) is 19.4 Å². The first-order chi connectivity index (χ1) is 8.50. The van der Waals surface area contributed by atoms with Gasteiger partial charge in [-0.1, -0.05) is 6.07 Å². The van der Waals surface area contributed by atoms with Gasteiger partial charge < -0.3 is 14.6 Å². The third kappa shape index (κ3) is 4.40. The molecule has 1 rings (SSSR count). The third-order valence-corrected chi connectivity index (χ3v) is 2.55. The van der Waals surface area contributed by atoms with E-state index in [1.54, 1.807) is 25.4 Å². The molecule has 1 heterocycles. The van der Waals surface area contributed by atoms with Gasteiger partial charge in [-0.25, -0.2) is 0 Å². The summed E-state index contributed by atoms with van der Waals surface area (Å²) in [6.07, 6.45) is 1.72. The van der Waals surface area contributed by atoms with Crippen molar-refractivity contribution in [2.24, 2.45) is 0 Å². The Balaban J connectivity index is 2.44. The molecule has 0 aliphatic rings. The average Bonchev–Trinajstić information content (AvgIpc) is 2.34. The molecular weight excluding hydrogens is 236 g/mol. The van der Waals surface area contributed by atoms with Crippen LogP contribution in [0.25, 0.3) is 0 Å². The first-order valence-electron chi connectivity index (χ1n) is 5.62. The number of rotatable bonds is 6. The molecule has 0 aromatic carbocycles. The van der Waals surface area contributed by atoms with E-state index < -0.39 is 5.97 Å². The Bertz CT molecular complexity index is 481. The van der Waals surface area contributed by atoms with Crippen LogP contribution in [-0.4, -0.2) is 40.0 Å². The number of hydrogen-bond donors (Lipinski definition) is 1. The van der Waals surface area contributed by atoms with E-state index in [4.69, 9.17) is 5.11 Å². The number of carboxylic acid groups (broad SMARTS) is 1. The van der Waals surface area contributed by atoms with Crippen LogP contribution in [0.1, 0.15) is 12.8 Å². The van der Waals surface area contributed by atoms with Crippen LogP contribution in [0.5, 0.6) is 0 Å². The fraction of sp³-hybridized carbons (Fsp3) is 0.417. The van der Waals surface area contributed by atoms with E-state index in [0.29, 0.717) is 6.54 Å². The van der Waals surface area contributed by atoms with E-state index in [0.717, 1.165) is 0 Å². The molecule has 18 heavy (non-hydrogen) atoms. The maximum atomic E-state index is 11.7. The highest BCUT2D eigenvalue weighted by Gasteiger charge is 2.10. The van der Waals surface area contributed by atoms with Gasteiger partial charge >= 0.3 is 5.97 Å². The van der Waals surface area contributed by atoms with Gasteiger partial charge in [0.25, 0.3) is 5.56 Å². The Labute approximate surface area is 104 Å². The van der Waals surface area contributed by atoms with Crippen molar-refractivity contribution in [3.05, 3.63) is 34.7 Å². The maximum Gasteiger partial charge on any atom is 0.305 e. The molecule has 0 saturated carbocycles. The number of amides is 1. The van der Waals surface area contributed by atoms with Crippen molar-refractivity contribution in [1.29, 1.82) is 0 Å². The van der Waals surface area contributed by atoms with Gasteiger partial charge in [0.05, 0.1) is 6.42 Å². The molecule has 1 aromatic rings. The molecule has 0 fully saturated rings. The van der Waals surface area contributed by atoms with Crippen molar-refractivity contribution in [3.63, 3.8) is 0 Å². The van der Waals surface area contributed by atoms with Crippen LogP contribution in [0.3, 0.4) is 0 Å². The van der Waals surface area contributed by atoms with E-state index in [9.17, 15) is 14.4 Å². The lowest BCUT2D eigenvalue weighted by Gasteiger charge is -2.16. The Morgan fingerprint density at radius 2 is 2.06 bits per heavy atom. The van der Waals surface area contributed by atoms with Crippen LogP contribution >= 0.6 is 0 Å². The van der Waals surface area contributed by atoms with Gasteiger partial charge in [-0.2, -0.15) is 0 Å². The molecule has 0 saturated heterocycles. The summed E-state index contributed by atoms with van der Waals surface area (Å²) in [4.78, 5) is 34.8. The number of hydrogen-bond acceptors (Lipinski definition) is 3. The fourth-order valence-electron chi connectivity index (χ4n) is 1.44. The molecule has 1 aromatic heterocycles. The van der Waals surface area contributed by atoms with Gasteiger partial charge in [0.2, 0.25) is 5.91 Å². The number of nitrogens with zero attached hydrogens (tertiary/aromatic N) is 2. The number of aryl methyl sites for hydroxylation is 1. The fourth-order valence-corrected chi connectivity index (χ4v) is 1.44. The Kier molecular flexibility index (Phi) is 5.10. The predicted octanol–water partition coefficient (Wildman–Crippen LogP) is 0.171. The zero-order valence-corrected chi connectivity index (χ0v) is 10.2. The van der Waals surface area contributed by atoms with Crippen molar-refractivity contribution in [3.8, 4) is 0 Å². The SMILES string of the molecule is CN(CCC(=O)O)C(=O)CCn1ccccc1=O. The molecule has 0 radical (unpaired) electrons.